The summed E-state index contributed by atoms with van der Waals surface area (Å²) in [4.78, 5) is 44.2. The zero-order chi connectivity index (χ0) is 21.3. The Morgan fingerprint density at radius 3 is 2.27 bits per heavy atom. The fourth-order valence-electron chi connectivity index (χ4n) is 5.11. The smallest absolute Gasteiger partial charge is 0.228 e. The molecule has 0 radical (unpaired) electrons. The molecule has 162 valence electrons. The van der Waals surface area contributed by atoms with Crippen LogP contribution in [0.2, 0.25) is 0 Å². The number of aryl methyl sites for hydroxylation is 1. The van der Waals surface area contributed by atoms with Gasteiger partial charge in [0.25, 0.3) is 0 Å². The van der Waals surface area contributed by atoms with Crippen LogP contribution >= 0.6 is 0 Å². The Hall–Kier alpha value is -2.37. The minimum Gasteiger partial charge on any atom is -0.342 e. The molecule has 0 bridgehead atoms. The van der Waals surface area contributed by atoms with Gasteiger partial charge in [0, 0.05) is 50.2 Å². The van der Waals surface area contributed by atoms with Crippen LogP contribution in [-0.2, 0) is 14.4 Å². The normalized spacial score (nSPS) is 25.7. The van der Waals surface area contributed by atoms with Gasteiger partial charge in [0.2, 0.25) is 17.7 Å². The molecule has 1 aromatic rings. The van der Waals surface area contributed by atoms with Gasteiger partial charge in [0.15, 0.2) is 0 Å². The number of amides is 3. The highest BCUT2D eigenvalue weighted by Gasteiger charge is 2.39. The molecule has 30 heavy (non-hydrogen) atoms. The Morgan fingerprint density at radius 2 is 1.60 bits per heavy atom. The largest absolute Gasteiger partial charge is 0.342 e. The molecule has 0 aliphatic carbocycles. The fraction of sp³-hybridized carbons (Fsp3) is 0.625. The molecule has 6 heteroatoms. The summed E-state index contributed by atoms with van der Waals surface area (Å²) >= 11 is 0. The Labute approximate surface area is 179 Å². The van der Waals surface area contributed by atoms with Gasteiger partial charge in [0.05, 0.1) is 5.92 Å². The van der Waals surface area contributed by atoms with E-state index in [1.165, 1.54) is 6.42 Å². The van der Waals surface area contributed by atoms with E-state index in [0.29, 0.717) is 25.7 Å². The van der Waals surface area contributed by atoms with Crippen LogP contribution in [-0.4, -0.2) is 59.7 Å². The molecule has 4 rings (SSSR count). The quantitative estimate of drug-likeness (QED) is 0.768. The van der Waals surface area contributed by atoms with Gasteiger partial charge in [-0.15, -0.1) is 0 Å². The van der Waals surface area contributed by atoms with E-state index >= 15 is 0 Å². The number of hydrogen-bond donors (Lipinski definition) is 0. The van der Waals surface area contributed by atoms with Gasteiger partial charge in [-0.3, -0.25) is 14.4 Å². The van der Waals surface area contributed by atoms with E-state index < -0.39 is 0 Å². The van der Waals surface area contributed by atoms with Gasteiger partial charge in [-0.1, -0.05) is 17.7 Å². The molecule has 3 aliphatic rings. The predicted molar refractivity (Wildman–Crippen MR) is 116 cm³/mol. The Bertz CT molecular complexity index is 798. The van der Waals surface area contributed by atoms with Gasteiger partial charge in [-0.2, -0.15) is 0 Å². The summed E-state index contributed by atoms with van der Waals surface area (Å²) < 4.78 is 0. The van der Waals surface area contributed by atoms with Gasteiger partial charge in [-0.05, 0) is 58.1 Å². The number of likely N-dealkylation sites (tertiary alicyclic amines) is 2. The molecule has 2 atom stereocenters. The van der Waals surface area contributed by atoms with E-state index in [1.807, 2.05) is 36.1 Å². The molecule has 0 aromatic heterocycles. The van der Waals surface area contributed by atoms with Crippen molar-refractivity contribution in [1.29, 1.82) is 0 Å². The zero-order valence-electron chi connectivity index (χ0n) is 18.2. The number of anilines is 1. The zero-order valence-corrected chi connectivity index (χ0v) is 18.2. The number of nitrogens with zero attached hydrogens (tertiary/aromatic N) is 3. The molecule has 3 aliphatic heterocycles. The SMILES string of the molecule is Cc1ccc(N2C[C@@H](C(=O)N3CCC(C(=O)N4CCCC[C@@H]4C)CC3)CC2=O)cc1. The maximum Gasteiger partial charge on any atom is 0.228 e. The molecule has 0 N–H and O–H groups in total. The van der Waals surface area contributed by atoms with Crippen molar-refractivity contribution < 1.29 is 14.4 Å². The first-order valence-corrected chi connectivity index (χ1v) is 11.4. The van der Waals surface area contributed by atoms with Crippen LogP contribution in [0.4, 0.5) is 5.69 Å². The van der Waals surface area contributed by atoms with Crippen molar-refractivity contribution in [3.05, 3.63) is 29.8 Å². The maximum absolute atomic E-state index is 13.1. The third-order valence-corrected chi connectivity index (χ3v) is 7.06. The summed E-state index contributed by atoms with van der Waals surface area (Å²) in [6, 6.07) is 8.20. The molecular weight excluding hydrogens is 378 g/mol. The summed E-state index contributed by atoms with van der Waals surface area (Å²) in [5.41, 5.74) is 2.01. The lowest BCUT2D eigenvalue weighted by atomic mass is 9.92. The lowest BCUT2D eigenvalue weighted by Gasteiger charge is -2.39. The number of carbonyl (C=O) groups excluding carboxylic acids is 3. The first-order valence-electron chi connectivity index (χ1n) is 11.4. The molecule has 3 amide bonds. The van der Waals surface area contributed by atoms with Crippen LogP contribution in [0, 0.1) is 18.8 Å². The summed E-state index contributed by atoms with van der Waals surface area (Å²) in [6.45, 7) is 6.72. The van der Waals surface area contributed by atoms with E-state index in [-0.39, 0.29) is 36.0 Å². The van der Waals surface area contributed by atoms with Crippen LogP contribution in [0.3, 0.4) is 0 Å². The van der Waals surface area contributed by atoms with Crippen molar-refractivity contribution in [2.75, 3.05) is 31.1 Å². The number of carbonyl (C=O) groups is 3. The van der Waals surface area contributed by atoms with Crippen molar-refractivity contribution in [2.24, 2.45) is 11.8 Å². The highest BCUT2D eigenvalue weighted by Crippen LogP contribution is 2.29. The monoisotopic (exact) mass is 411 g/mol. The number of hydrogen-bond acceptors (Lipinski definition) is 3. The Kier molecular flexibility index (Phi) is 6.11. The predicted octanol–water partition coefficient (Wildman–Crippen LogP) is 2.99. The van der Waals surface area contributed by atoms with Crippen LogP contribution in [0.25, 0.3) is 0 Å². The van der Waals surface area contributed by atoms with Crippen molar-refractivity contribution in [3.8, 4) is 0 Å². The fourth-order valence-corrected chi connectivity index (χ4v) is 5.11. The molecule has 6 nitrogen and oxygen atoms in total. The lowest BCUT2D eigenvalue weighted by Crippen LogP contribution is -2.49. The molecule has 0 unspecified atom stereocenters. The molecule has 1 aromatic carbocycles. The van der Waals surface area contributed by atoms with E-state index in [4.69, 9.17) is 0 Å². The summed E-state index contributed by atoms with van der Waals surface area (Å²) in [7, 11) is 0. The summed E-state index contributed by atoms with van der Waals surface area (Å²) in [5.74, 6) is 0.101. The van der Waals surface area contributed by atoms with Crippen LogP contribution in [0.15, 0.2) is 24.3 Å². The minimum absolute atomic E-state index is 0.0151. The first kappa shape index (κ1) is 20.9. The van der Waals surface area contributed by atoms with E-state index in [1.54, 1.807) is 4.90 Å². The Morgan fingerprint density at radius 1 is 0.900 bits per heavy atom. The van der Waals surface area contributed by atoms with Crippen molar-refractivity contribution in [2.45, 2.75) is 58.4 Å². The first-order chi connectivity index (χ1) is 14.4. The van der Waals surface area contributed by atoms with E-state index in [2.05, 4.69) is 11.8 Å². The van der Waals surface area contributed by atoms with Crippen LogP contribution in [0.5, 0.6) is 0 Å². The Balaban J connectivity index is 1.31. The number of piperidine rings is 2. The molecular formula is C24H33N3O3. The molecule has 3 saturated heterocycles. The third-order valence-electron chi connectivity index (χ3n) is 7.06. The second-order valence-electron chi connectivity index (χ2n) is 9.22. The van der Waals surface area contributed by atoms with Crippen molar-refractivity contribution in [3.63, 3.8) is 0 Å². The minimum atomic E-state index is -0.284. The molecule has 3 heterocycles. The molecule has 3 fully saturated rings. The second kappa shape index (κ2) is 8.78. The van der Waals surface area contributed by atoms with Crippen LogP contribution in [0.1, 0.15) is 51.0 Å². The lowest BCUT2D eigenvalue weighted by molar-refractivity contribution is -0.144. The van der Waals surface area contributed by atoms with Gasteiger partial charge in [-0.25, -0.2) is 0 Å². The summed E-state index contributed by atoms with van der Waals surface area (Å²) in [5, 5.41) is 0. The maximum atomic E-state index is 13.1. The standard InChI is InChI=1S/C24H33N3O3/c1-17-6-8-21(9-7-17)27-16-20(15-22(27)28)23(29)25-13-10-19(11-14-25)24(30)26-12-4-3-5-18(26)2/h6-9,18-20H,3-5,10-16H2,1-2H3/t18-,20-/m0/s1. The van der Waals surface area contributed by atoms with Gasteiger partial charge < -0.3 is 14.7 Å². The average molecular weight is 412 g/mol. The number of benzene rings is 1. The third kappa shape index (κ3) is 4.23. The van der Waals surface area contributed by atoms with Crippen molar-refractivity contribution >= 4 is 23.4 Å². The highest BCUT2D eigenvalue weighted by atomic mass is 16.2. The van der Waals surface area contributed by atoms with Crippen molar-refractivity contribution in [1.82, 2.24) is 9.80 Å². The highest BCUT2D eigenvalue weighted by molar-refractivity contribution is 6.00. The van der Waals surface area contributed by atoms with Gasteiger partial charge in [0.1, 0.15) is 0 Å². The van der Waals surface area contributed by atoms with E-state index in [9.17, 15) is 14.4 Å². The molecule has 0 saturated carbocycles. The van der Waals surface area contributed by atoms with Crippen LogP contribution < -0.4 is 4.90 Å². The topological polar surface area (TPSA) is 60.9 Å². The average Bonchev–Trinajstić information content (AvgIpc) is 3.15. The summed E-state index contributed by atoms with van der Waals surface area (Å²) in [6.07, 6.45) is 5.14. The van der Waals surface area contributed by atoms with E-state index in [0.717, 1.165) is 43.5 Å². The van der Waals surface area contributed by atoms with Gasteiger partial charge >= 0.3 is 0 Å². The second-order valence-corrected chi connectivity index (χ2v) is 9.22. The number of rotatable bonds is 3. The molecule has 0 spiro atoms.